The lowest BCUT2D eigenvalue weighted by Crippen LogP contribution is -2.16. The zero-order valence-corrected chi connectivity index (χ0v) is 40.1. The van der Waals surface area contributed by atoms with Crippen molar-refractivity contribution in [2.24, 2.45) is 0 Å². The summed E-state index contributed by atoms with van der Waals surface area (Å²) in [4.78, 5) is 18.3. The molecular formula is C50H56N2O8S4. The summed E-state index contributed by atoms with van der Waals surface area (Å²) >= 11 is 6.89. The fourth-order valence-corrected chi connectivity index (χ4v) is 13.9. The van der Waals surface area contributed by atoms with Gasteiger partial charge < -0.3 is 37.9 Å². The summed E-state index contributed by atoms with van der Waals surface area (Å²) < 4.78 is 50.9. The number of thiophene rings is 4. The van der Waals surface area contributed by atoms with Crippen molar-refractivity contribution in [2.75, 3.05) is 52.9 Å². The summed E-state index contributed by atoms with van der Waals surface area (Å²) in [5, 5.41) is 0. The fraction of sp³-hybridized carbons (Fsp3) is 0.480. The highest BCUT2D eigenvalue weighted by Gasteiger charge is 2.35. The summed E-state index contributed by atoms with van der Waals surface area (Å²) in [5.41, 5.74) is 3.48. The molecule has 0 amide bonds. The molecule has 6 aromatic rings. The van der Waals surface area contributed by atoms with Gasteiger partial charge >= 0.3 is 0 Å². The van der Waals surface area contributed by atoms with E-state index in [1.165, 1.54) is 74.0 Å². The zero-order valence-electron chi connectivity index (χ0n) is 36.8. The highest BCUT2D eigenvalue weighted by atomic mass is 32.1. The van der Waals surface area contributed by atoms with Crippen molar-refractivity contribution in [1.82, 2.24) is 9.97 Å². The molecule has 4 aliphatic heterocycles. The Labute approximate surface area is 391 Å². The molecule has 0 fully saturated rings. The first-order valence-corrected chi connectivity index (χ1v) is 26.6. The molecule has 6 aromatic heterocycles. The van der Waals surface area contributed by atoms with E-state index in [0.29, 0.717) is 52.9 Å². The molecule has 64 heavy (non-hydrogen) atoms. The second-order valence-corrected chi connectivity index (χ2v) is 20.8. The van der Waals surface area contributed by atoms with Crippen LogP contribution in [0.2, 0.25) is 0 Å². The van der Waals surface area contributed by atoms with Gasteiger partial charge in [0.2, 0.25) is 0 Å². The van der Waals surface area contributed by atoms with Gasteiger partial charge in [-0.1, -0.05) is 78.1 Å². The molecule has 0 spiro atoms. The molecule has 0 N–H and O–H groups in total. The van der Waals surface area contributed by atoms with Crippen molar-refractivity contribution < 1.29 is 37.9 Å². The number of nitrogens with zero attached hydrogens (tertiary/aromatic N) is 2. The van der Waals surface area contributed by atoms with E-state index in [1.807, 2.05) is 24.5 Å². The molecular weight excluding hydrogens is 885 g/mol. The second-order valence-electron chi connectivity index (χ2n) is 16.5. The van der Waals surface area contributed by atoms with Crippen LogP contribution in [-0.4, -0.2) is 62.8 Å². The van der Waals surface area contributed by atoms with Gasteiger partial charge in [0, 0.05) is 12.4 Å². The minimum atomic E-state index is 0.482. The van der Waals surface area contributed by atoms with E-state index in [9.17, 15) is 0 Å². The third-order valence-corrected chi connectivity index (χ3v) is 17.1. The largest absolute Gasteiger partial charge is 0.485 e. The molecule has 14 heteroatoms. The molecule has 4 aliphatic rings. The van der Waals surface area contributed by atoms with E-state index < -0.39 is 0 Å². The Morgan fingerprint density at radius 3 is 1.08 bits per heavy atom. The predicted octanol–water partition coefficient (Wildman–Crippen LogP) is 13.9. The van der Waals surface area contributed by atoms with Crippen molar-refractivity contribution in [1.29, 1.82) is 0 Å². The Morgan fingerprint density at radius 2 is 0.688 bits per heavy atom. The summed E-state index contributed by atoms with van der Waals surface area (Å²) in [5.74, 6) is 6.53. The molecule has 10 nitrogen and oxygen atoms in total. The van der Waals surface area contributed by atoms with Crippen LogP contribution in [0.5, 0.6) is 46.0 Å². The minimum Gasteiger partial charge on any atom is -0.485 e. The third-order valence-electron chi connectivity index (χ3n) is 12.0. The van der Waals surface area contributed by atoms with Crippen LogP contribution >= 0.6 is 45.3 Å². The first-order valence-electron chi connectivity index (χ1n) is 23.3. The summed E-state index contributed by atoms with van der Waals surface area (Å²) in [7, 11) is 0. The van der Waals surface area contributed by atoms with E-state index in [1.54, 1.807) is 45.3 Å². The lowest BCUT2D eigenvalue weighted by atomic mass is 10.1. The number of aryl methyl sites for hydroxylation is 2. The van der Waals surface area contributed by atoms with Gasteiger partial charge in [-0.05, 0) is 61.1 Å². The molecule has 0 unspecified atom stereocenters. The van der Waals surface area contributed by atoms with Gasteiger partial charge in [-0.2, -0.15) is 0 Å². The maximum absolute atomic E-state index is 6.40. The minimum absolute atomic E-state index is 0.482. The first-order chi connectivity index (χ1) is 31.7. The highest BCUT2D eigenvalue weighted by molar-refractivity contribution is 7.25. The SMILES string of the molecule is CCCCCCCCc1sc(-c2sc(-c3ccnc(-c4cc(-c5sc(-c6sc(CCCCCCCC)c7c6OCCO7)c6c5OCCO6)ccn4)c3)c3c2OCCO3)c2c1OCCO2. The number of hydrogen-bond donors (Lipinski definition) is 0. The Balaban J connectivity index is 0.948. The number of hydrogen-bond acceptors (Lipinski definition) is 14. The van der Waals surface area contributed by atoms with Gasteiger partial charge in [-0.15, -0.1) is 45.3 Å². The van der Waals surface area contributed by atoms with Crippen LogP contribution in [-0.2, 0) is 12.8 Å². The molecule has 0 radical (unpaired) electrons. The lowest BCUT2D eigenvalue weighted by molar-refractivity contribution is 0.171. The molecule has 10 rings (SSSR count). The molecule has 0 aliphatic carbocycles. The maximum atomic E-state index is 6.40. The van der Waals surface area contributed by atoms with E-state index in [-0.39, 0.29) is 0 Å². The Kier molecular flexibility index (Phi) is 13.8. The predicted molar refractivity (Wildman–Crippen MR) is 259 cm³/mol. The lowest BCUT2D eigenvalue weighted by Gasteiger charge is -2.19. The average Bonchev–Trinajstić information content (AvgIpc) is 4.12. The first kappa shape index (κ1) is 43.4. The van der Waals surface area contributed by atoms with Crippen LogP contribution < -0.4 is 37.9 Å². The summed E-state index contributed by atoms with van der Waals surface area (Å²) in [6.07, 6.45) is 20.7. The molecule has 0 atom stereocenters. The molecule has 0 saturated heterocycles. The van der Waals surface area contributed by atoms with Crippen LogP contribution in [0.15, 0.2) is 36.7 Å². The smallest absolute Gasteiger partial charge is 0.181 e. The van der Waals surface area contributed by atoms with Gasteiger partial charge in [-0.3, -0.25) is 9.97 Å². The number of rotatable bonds is 19. The van der Waals surface area contributed by atoms with Gasteiger partial charge in [0.15, 0.2) is 46.0 Å². The Morgan fingerprint density at radius 1 is 0.375 bits per heavy atom. The van der Waals surface area contributed by atoms with Crippen molar-refractivity contribution >= 4 is 45.3 Å². The Hall–Kier alpha value is -4.50. The fourth-order valence-electron chi connectivity index (χ4n) is 8.78. The maximum Gasteiger partial charge on any atom is 0.181 e. The van der Waals surface area contributed by atoms with E-state index in [0.717, 1.165) is 123 Å². The van der Waals surface area contributed by atoms with Crippen LogP contribution in [0.25, 0.3) is 51.8 Å². The molecule has 0 saturated carbocycles. The van der Waals surface area contributed by atoms with Crippen molar-refractivity contribution in [3.8, 4) is 97.8 Å². The summed E-state index contributed by atoms with van der Waals surface area (Å²) in [6, 6.07) is 8.28. The van der Waals surface area contributed by atoms with Gasteiger partial charge in [0.05, 0.1) is 50.4 Å². The second kappa shape index (κ2) is 20.3. The molecule has 10 heterocycles. The highest BCUT2D eigenvalue weighted by Crippen LogP contribution is 2.61. The number of unbranched alkanes of at least 4 members (excludes halogenated alkanes) is 10. The van der Waals surface area contributed by atoms with Gasteiger partial charge in [-0.25, -0.2) is 0 Å². The average molecular weight is 941 g/mol. The number of fused-ring (bicyclic) bond motifs is 4. The van der Waals surface area contributed by atoms with Crippen LogP contribution in [0.4, 0.5) is 0 Å². The Bertz CT molecular complexity index is 2380. The molecule has 0 bridgehead atoms. The van der Waals surface area contributed by atoms with Crippen molar-refractivity contribution in [3.63, 3.8) is 0 Å². The standard InChI is InChI=1S/C50H56N2O8S4/c1-3-5-7-9-11-13-15-35-37-39(55-23-21-53-37)47(61-35)49-43-41(57-25-27-59-43)45(63-49)31-17-19-51-33(29-31)34-30-32(18-20-52-34)46-42-44(60-28-26-58-42)50(64-46)48-40-38(54-22-24-56-40)36(62-48)16-14-12-10-8-6-4-2/h17-20,29-30H,3-16,21-28H2,1-2H3. The van der Waals surface area contributed by atoms with E-state index in [2.05, 4.69) is 26.0 Å². The van der Waals surface area contributed by atoms with E-state index in [4.69, 9.17) is 47.9 Å². The number of pyridine rings is 2. The van der Waals surface area contributed by atoms with Crippen LogP contribution in [0.1, 0.15) is 101 Å². The van der Waals surface area contributed by atoms with Crippen LogP contribution in [0.3, 0.4) is 0 Å². The van der Waals surface area contributed by atoms with Gasteiger partial charge in [0.1, 0.15) is 52.9 Å². The van der Waals surface area contributed by atoms with Crippen molar-refractivity contribution in [3.05, 3.63) is 46.4 Å². The normalized spacial score (nSPS) is 14.8. The topological polar surface area (TPSA) is 99.6 Å². The number of aromatic nitrogens is 2. The zero-order chi connectivity index (χ0) is 43.2. The van der Waals surface area contributed by atoms with Crippen molar-refractivity contribution in [2.45, 2.75) is 104 Å². The quantitative estimate of drug-likeness (QED) is 0.0730. The van der Waals surface area contributed by atoms with Gasteiger partial charge in [0.25, 0.3) is 0 Å². The molecule has 338 valence electrons. The third kappa shape index (κ3) is 8.91. The van der Waals surface area contributed by atoms with Crippen LogP contribution in [0, 0.1) is 0 Å². The van der Waals surface area contributed by atoms with E-state index >= 15 is 0 Å². The molecule has 0 aromatic carbocycles. The monoisotopic (exact) mass is 940 g/mol. The summed E-state index contributed by atoms with van der Waals surface area (Å²) in [6.45, 7) is 8.64. The number of ether oxygens (including phenoxy) is 8.